The molecule has 2 aromatic rings. The Morgan fingerprint density at radius 2 is 1.96 bits per heavy atom. The third kappa shape index (κ3) is 4.46. The fourth-order valence-corrected chi connectivity index (χ4v) is 2.83. The Balaban J connectivity index is 2.05. The van der Waals surface area contributed by atoms with Gasteiger partial charge in [-0.05, 0) is 25.3 Å². The molecule has 0 saturated heterocycles. The summed E-state index contributed by atoms with van der Waals surface area (Å²) in [7, 11) is 0. The standard InChI is InChI=1S/C17H23N3O5/c1-3-9-18(10-4-2)16(21)6-5-11-19-14-8-7-13(20(23)24)12-15(14)25-17(19)22/h7-8,12H,3-6,9-11H2,1-2H3. The van der Waals surface area contributed by atoms with Crippen LogP contribution in [0.5, 0.6) is 0 Å². The van der Waals surface area contributed by atoms with E-state index in [1.807, 2.05) is 18.7 Å². The number of fused-ring (bicyclic) bond motifs is 1. The normalized spacial score (nSPS) is 11.0. The Morgan fingerprint density at radius 3 is 2.56 bits per heavy atom. The number of benzene rings is 1. The van der Waals surface area contributed by atoms with Crippen molar-refractivity contribution in [2.45, 2.75) is 46.1 Å². The third-order valence-electron chi connectivity index (χ3n) is 3.97. The third-order valence-corrected chi connectivity index (χ3v) is 3.97. The zero-order valence-corrected chi connectivity index (χ0v) is 14.6. The van der Waals surface area contributed by atoms with E-state index in [9.17, 15) is 19.7 Å². The Hall–Kier alpha value is -2.64. The molecule has 0 aliphatic carbocycles. The molecular weight excluding hydrogens is 326 g/mol. The number of nitro benzene ring substituents is 1. The summed E-state index contributed by atoms with van der Waals surface area (Å²) in [5.41, 5.74) is 0.560. The lowest BCUT2D eigenvalue weighted by Crippen LogP contribution is -2.32. The summed E-state index contributed by atoms with van der Waals surface area (Å²) in [6, 6.07) is 4.08. The lowest BCUT2D eigenvalue weighted by Gasteiger charge is -2.21. The second kappa shape index (κ2) is 8.46. The molecule has 0 atom stereocenters. The molecule has 25 heavy (non-hydrogen) atoms. The van der Waals surface area contributed by atoms with Gasteiger partial charge in [-0.2, -0.15) is 0 Å². The summed E-state index contributed by atoms with van der Waals surface area (Å²) in [5, 5.41) is 10.8. The second-order valence-electron chi connectivity index (χ2n) is 5.91. The molecule has 0 saturated carbocycles. The molecule has 0 unspecified atom stereocenters. The fourth-order valence-electron chi connectivity index (χ4n) is 2.83. The first-order valence-electron chi connectivity index (χ1n) is 8.53. The Kier molecular flexibility index (Phi) is 6.32. The summed E-state index contributed by atoms with van der Waals surface area (Å²) >= 11 is 0. The Bertz CT molecular complexity index is 802. The van der Waals surface area contributed by atoms with Crippen molar-refractivity contribution in [3.05, 3.63) is 38.9 Å². The van der Waals surface area contributed by atoms with Crippen LogP contribution in [0.4, 0.5) is 5.69 Å². The number of hydrogen-bond acceptors (Lipinski definition) is 5. The van der Waals surface area contributed by atoms with Crippen LogP contribution < -0.4 is 5.76 Å². The minimum absolute atomic E-state index is 0.0835. The number of nitrogens with zero attached hydrogens (tertiary/aromatic N) is 3. The molecule has 1 heterocycles. The van der Waals surface area contributed by atoms with Crippen LogP contribution in [0.1, 0.15) is 39.5 Å². The number of carbonyl (C=O) groups excluding carboxylic acids is 1. The summed E-state index contributed by atoms with van der Waals surface area (Å²) in [5.74, 6) is -0.484. The molecule has 0 radical (unpaired) electrons. The SMILES string of the molecule is CCCN(CCC)C(=O)CCCn1c(=O)oc2cc([N+](=O)[O-])ccc21. The molecule has 0 aliphatic heterocycles. The molecule has 0 spiro atoms. The second-order valence-corrected chi connectivity index (χ2v) is 5.91. The van der Waals surface area contributed by atoms with Crippen molar-refractivity contribution in [2.75, 3.05) is 13.1 Å². The van der Waals surface area contributed by atoms with Crippen LogP contribution in [0, 0.1) is 10.1 Å². The highest BCUT2D eigenvalue weighted by atomic mass is 16.6. The van der Waals surface area contributed by atoms with Gasteiger partial charge in [-0.15, -0.1) is 0 Å². The lowest BCUT2D eigenvalue weighted by molar-refractivity contribution is -0.384. The number of aryl methyl sites for hydroxylation is 1. The van der Waals surface area contributed by atoms with E-state index in [0.717, 1.165) is 25.9 Å². The molecule has 0 N–H and O–H groups in total. The molecule has 8 nitrogen and oxygen atoms in total. The topological polar surface area (TPSA) is 98.6 Å². The number of hydrogen-bond donors (Lipinski definition) is 0. The van der Waals surface area contributed by atoms with E-state index in [2.05, 4.69) is 0 Å². The van der Waals surface area contributed by atoms with Gasteiger partial charge in [0.25, 0.3) is 5.69 Å². The number of amides is 1. The molecule has 1 amide bonds. The van der Waals surface area contributed by atoms with Crippen molar-refractivity contribution in [1.29, 1.82) is 0 Å². The Morgan fingerprint density at radius 1 is 1.28 bits per heavy atom. The van der Waals surface area contributed by atoms with Crippen molar-refractivity contribution < 1.29 is 14.1 Å². The van der Waals surface area contributed by atoms with E-state index < -0.39 is 10.7 Å². The summed E-state index contributed by atoms with van der Waals surface area (Å²) in [6.07, 6.45) is 2.69. The van der Waals surface area contributed by atoms with Crippen LogP contribution in [0.2, 0.25) is 0 Å². The summed E-state index contributed by atoms with van der Waals surface area (Å²) in [4.78, 5) is 36.3. The van der Waals surface area contributed by atoms with E-state index in [1.165, 1.54) is 22.8 Å². The van der Waals surface area contributed by atoms with Gasteiger partial charge >= 0.3 is 5.76 Å². The van der Waals surface area contributed by atoms with E-state index in [4.69, 9.17) is 4.42 Å². The molecular formula is C17H23N3O5. The van der Waals surface area contributed by atoms with Crippen LogP contribution >= 0.6 is 0 Å². The molecule has 0 bridgehead atoms. The monoisotopic (exact) mass is 349 g/mol. The van der Waals surface area contributed by atoms with Crippen molar-refractivity contribution >= 4 is 22.7 Å². The van der Waals surface area contributed by atoms with E-state index >= 15 is 0 Å². The highest BCUT2D eigenvalue weighted by Crippen LogP contribution is 2.20. The van der Waals surface area contributed by atoms with E-state index in [1.54, 1.807) is 0 Å². The number of non-ortho nitro benzene ring substituents is 1. The fraction of sp³-hybridized carbons (Fsp3) is 0.529. The first-order valence-corrected chi connectivity index (χ1v) is 8.53. The molecule has 136 valence electrons. The van der Waals surface area contributed by atoms with Gasteiger partial charge in [0.2, 0.25) is 5.91 Å². The van der Waals surface area contributed by atoms with Crippen molar-refractivity contribution in [3.63, 3.8) is 0 Å². The average Bonchev–Trinajstić information content (AvgIpc) is 2.89. The highest BCUT2D eigenvalue weighted by Gasteiger charge is 2.15. The predicted octanol–water partition coefficient (Wildman–Crippen LogP) is 2.93. The number of rotatable bonds is 9. The maximum absolute atomic E-state index is 12.3. The van der Waals surface area contributed by atoms with E-state index in [-0.39, 0.29) is 17.2 Å². The maximum atomic E-state index is 12.3. The number of oxazole rings is 1. The van der Waals surface area contributed by atoms with Gasteiger partial charge in [0, 0.05) is 32.1 Å². The molecule has 2 rings (SSSR count). The van der Waals surface area contributed by atoms with Crippen LogP contribution in [-0.2, 0) is 11.3 Å². The minimum Gasteiger partial charge on any atom is -0.407 e. The molecule has 0 aliphatic rings. The first kappa shape index (κ1) is 18.7. The largest absolute Gasteiger partial charge is 0.419 e. The van der Waals surface area contributed by atoms with Crippen LogP contribution in [0.15, 0.2) is 27.4 Å². The number of aromatic nitrogens is 1. The number of carbonyl (C=O) groups is 1. The van der Waals surface area contributed by atoms with Gasteiger partial charge < -0.3 is 9.32 Å². The molecule has 1 aromatic carbocycles. The predicted molar refractivity (Wildman–Crippen MR) is 93.5 cm³/mol. The summed E-state index contributed by atoms with van der Waals surface area (Å²) in [6.45, 7) is 5.88. The van der Waals surface area contributed by atoms with Crippen molar-refractivity contribution in [3.8, 4) is 0 Å². The van der Waals surface area contributed by atoms with Crippen LogP contribution in [0.3, 0.4) is 0 Å². The Labute approximate surface area is 145 Å². The van der Waals surface area contributed by atoms with Gasteiger partial charge in [0.05, 0.1) is 16.5 Å². The van der Waals surface area contributed by atoms with Gasteiger partial charge in [0.15, 0.2) is 5.58 Å². The van der Waals surface area contributed by atoms with E-state index in [0.29, 0.717) is 24.9 Å². The van der Waals surface area contributed by atoms with Gasteiger partial charge in [-0.1, -0.05) is 13.8 Å². The smallest absolute Gasteiger partial charge is 0.407 e. The van der Waals surface area contributed by atoms with Gasteiger partial charge in [-0.3, -0.25) is 19.5 Å². The lowest BCUT2D eigenvalue weighted by atomic mass is 10.2. The van der Waals surface area contributed by atoms with Crippen molar-refractivity contribution in [1.82, 2.24) is 9.47 Å². The minimum atomic E-state index is -0.568. The maximum Gasteiger partial charge on any atom is 0.419 e. The highest BCUT2D eigenvalue weighted by molar-refractivity contribution is 5.77. The van der Waals surface area contributed by atoms with Gasteiger partial charge in [-0.25, -0.2) is 4.79 Å². The first-order chi connectivity index (χ1) is 12.0. The number of nitro groups is 1. The molecule has 8 heteroatoms. The van der Waals surface area contributed by atoms with Gasteiger partial charge in [0.1, 0.15) is 0 Å². The van der Waals surface area contributed by atoms with Crippen molar-refractivity contribution in [2.24, 2.45) is 0 Å². The average molecular weight is 349 g/mol. The summed E-state index contributed by atoms with van der Waals surface area (Å²) < 4.78 is 6.49. The van der Waals surface area contributed by atoms with Crippen LogP contribution in [-0.4, -0.2) is 33.4 Å². The zero-order chi connectivity index (χ0) is 18.4. The quantitative estimate of drug-likeness (QED) is 0.512. The van der Waals surface area contributed by atoms with Crippen LogP contribution in [0.25, 0.3) is 11.1 Å². The molecule has 1 aromatic heterocycles. The molecule has 0 fully saturated rings. The zero-order valence-electron chi connectivity index (χ0n) is 14.6.